The van der Waals surface area contributed by atoms with Crippen molar-refractivity contribution >= 4 is 23.2 Å². The third-order valence-corrected chi connectivity index (χ3v) is 2.63. The number of nitrogen functional groups attached to an aromatic ring is 1. The third-order valence-electron chi connectivity index (χ3n) is 2.63. The SMILES string of the molecule is CC(=O)c1ccc(NC(=O)c2cccnc2N)cc1. The average Bonchev–Trinajstić information content (AvgIpc) is 2.39. The highest BCUT2D eigenvalue weighted by Crippen LogP contribution is 2.13. The Kier molecular flexibility index (Phi) is 3.56. The van der Waals surface area contributed by atoms with Crippen LogP contribution < -0.4 is 11.1 Å². The van der Waals surface area contributed by atoms with E-state index >= 15 is 0 Å². The van der Waals surface area contributed by atoms with Gasteiger partial charge >= 0.3 is 0 Å². The predicted molar refractivity (Wildman–Crippen MR) is 73.0 cm³/mol. The highest BCUT2D eigenvalue weighted by Gasteiger charge is 2.10. The quantitative estimate of drug-likeness (QED) is 0.822. The van der Waals surface area contributed by atoms with Crippen molar-refractivity contribution in [2.75, 3.05) is 11.1 Å². The van der Waals surface area contributed by atoms with Crippen molar-refractivity contribution in [3.8, 4) is 0 Å². The number of ketones is 1. The van der Waals surface area contributed by atoms with E-state index in [-0.39, 0.29) is 17.5 Å². The second-order valence-electron chi connectivity index (χ2n) is 4.02. The van der Waals surface area contributed by atoms with E-state index in [1.54, 1.807) is 36.4 Å². The maximum atomic E-state index is 12.0. The molecule has 0 saturated carbocycles. The van der Waals surface area contributed by atoms with E-state index in [9.17, 15) is 9.59 Å². The van der Waals surface area contributed by atoms with Crippen molar-refractivity contribution in [2.45, 2.75) is 6.92 Å². The summed E-state index contributed by atoms with van der Waals surface area (Å²) in [7, 11) is 0. The van der Waals surface area contributed by atoms with Crippen LogP contribution in [0.4, 0.5) is 11.5 Å². The molecule has 0 spiro atoms. The summed E-state index contributed by atoms with van der Waals surface area (Å²) < 4.78 is 0. The van der Waals surface area contributed by atoms with Crippen LogP contribution in [0.3, 0.4) is 0 Å². The fraction of sp³-hybridized carbons (Fsp3) is 0.0714. The number of hydrogen-bond donors (Lipinski definition) is 2. The molecule has 0 fully saturated rings. The molecule has 0 aliphatic carbocycles. The number of pyridine rings is 1. The van der Waals surface area contributed by atoms with Crippen molar-refractivity contribution in [3.63, 3.8) is 0 Å². The molecule has 0 radical (unpaired) electrons. The monoisotopic (exact) mass is 255 g/mol. The first-order valence-electron chi connectivity index (χ1n) is 5.71. The number of nitrogens with zero attached hydrogens (tertiary/aromatic N) is 1. The van der Waals surface area contributed by atoms with Crippen LogP contribution in [0.5, 0.6) is 0 Å². The van der Waals surface area contributed by atoms with Gasteiger partial charge in [-0.25, -0.2) is 4.98 Å². The van der Waals surface area contributed by atoms with E-state index in [4.69, 9.17) is 5.73 Å². The maximum absolute atomic E-state index is 12.0. The van der Waals surface area contributed by atoms with Gasteiger partial charge in [-0.3, -0.25) is 9.59 Å². The van der Waals surface area contributed by atoms with E-state index < -0.39 is 0 Å². The largest absolute Gasteiger partial charge is 0.383 e. The molecular formula is C14H13N3O2. The third kappa shape index (κ3) is 2.95. The van der Waals surface area contributed by atoms with Crippen LogP contribution >= 0.6 is 0 Å². The van der Waals surface area contributed by atoms with Crippen LogP contribution in [0.2, 0.25) is 0 Å². The molecule has 0 aliphatic heterocycles. The van der Waals surface area contributed by atoms with Gasteiger partial charge < -0.3 is 11.1 Å². The topological polar surface area (TPSA) is 85.1 Å². The molecule has 0 saturated heterocycles. The van der Waals surface area contributed by atoms with Crippen molar-refractivity contribution < 1.29 is 9.59 Å². The second-order valence-corrected chi connectivity index (χ2v) is 4.02. The Balaban J connectivity index is 2.15. The van der Waals surface area contributed by atoms with Gasteiger partial charge in [-0.05, 0) is 43.3 Å². The molecule has 0 unspecified atom stereocenters. The Labute approximate surface area is 110 Å². The minimum absolute atomic E-state index is 0.0191. The standard InChI is InChI=1S/C14H13N3O2/c1-9(18)10-4-6-11(7-5-10)17-14(19)12-3-2-8-16-13(12)15/h2-8H,1H3,(H2,15,16)(H,17,19). The number of nitrogens with two attached hydrogens (primary N) is 1. The van der Waals surface area contributed by atoms with Crippen LogP contribution in [-0.4, -0.2) is 16.7 Å². The molecule has 2 aromatic rings. The molecule has 19 heavy (non-hydrogen) atoms. The summed E-state index contributed by atoms with van der Waals surface area (Å²) in [6.45, 7) is 1.49. The van der Waals surface area contributed by atoms with Crippen molar-refractivity contribution in [2.24, 2.45) is 0 Å². The molecule has 1 heterocycles. The smallest absolute Gasteiger partial charge is 0.259 e. The van der Waals surface area contributed by atoms with Crippen LogP contribution in [0, 0.1) is 0 Å². The van der Waals surface area contributed by atoms with Gasteiger partial charge in [0.05, 0.1) is 5.56 Å². The molecule has 0 aliphatic rings. The Morgan fingerprint density at radius 2 is 1.84 bits per heavy atom. The minimum Gasteiger partial charge on any atom is -0.383 e. The van der Waals surface area contributed by atoms with Crippen molar-refractivity contribution in [1.29, 1.82) is 0 Å². The zero-order chi connectivity index (χ0) is 13.8. The van der Waals surface area contributed by atoms with Crippen LogP contribution in [0.15, 0.2) is 42.6 Å². The summed E-state index contributed by atoms with van der Waals surface area (Å²) in [5, 5.41) is 2.69. The Hall–Kier alpha value is -2.69. The fourth-order valence-corrected chi connectivity index (χ4v) is 1.60. The molecular weight excluding hydrogens is 242 g/mol. The first-order valence-corrected chi connectivity index (χ1v) is 5.71. The summed E-state index contributed by atoms with van der Waals surface area (Å²) in [5.41, 5.74) is 7.13. The maximum Gasteiger partial charge on any atom is 0.259 e. The number of Topliss-reactive ketones (excluding diaryl/α,β-unsaturated/α-hetero) is 1. The molecule has 1 aromatic carbocycles. The van der Waals surface area contributed by atoms with Gasteiger partial charge in [-0.2, -0.15) is 0 Å². The number of carbonyl (C=O) groups excluding carboxylic acids is 2. The van der Waals surface area contributed by atoms with Crippen LogP contribution in [0.1, 0.15) is 27.6 Å². The van der Waals surface area contributed by atoms with Crippen molar-refractivity contribution in [3.05, 3.63) is 53.7 Å². The summed E-state index contributed by atoms with van der Waals surface area (Å²) in [6.07, 6.45) is 1.52. The highest BCUT2D eigenvalue weighted by molar-refractivity contribution is 6.07. The molecule has 3 N–H and O–H groups in total. The molecule has 5 nitrogen and oxygen atoms in total. The summed E-state index contributed by atoms with van der Waals surface area (Å²) in [6, 6.07) is 9.89. The van der Waals surface area contributed by atoms with Crippen molar-refractivity contribution in [1.82, 2.24) is 4.98 Å². The number of nitrogens with one attached hydrogen (secondary N) is 1. The average molecular weight is 255 g/mol. The fourth-order valence-electron chi connectivity index (χ4n) is 1.60. The number of rotatable bonds is 3. The number of benzene rings is 1. The van der Waals surface area contributed by atoms with Gasteiger partial charge in [0.25, 0.3) is 5.91 Å². The van der Waals surface area contributed by atoms with Gasteiger partial charge in [0.2, 0.25) is 0 Å². The summed E-state index contributed by atoms with van der Waals surface area (Å²) >= 11 is 0. The van der Waals surface area contributed by atoms with Crippen LogP contribution in [-0.2, 0) is 0 Å². The number of anilines is 2. The molecule has 2 rings (SSSR count). The zero-order valence-corrected chi connectivity index (χ0v) is 10.4. The summed E-state index contributed by atoms with van der Waals surface area (Å²) in [4.78, 5) is 26.9. The number of hydrogen-bond acceptors (Lipinski definition) is 4. The Morgan fingerprint density at radius 3 is 2.42 bits per heavy atom. The van der Waals surface area contributed by atoms with Crippen LogP contribution in [0.25, 0.3) is 0 Å². The Bertz CT molecular complexity index is 621. The number of carbonyl (C=O) groups is 2. The zero-order valence-electron chi connectivity index (χ0n) is 10.4. The lowest BCUT2D eigenvalue weighted by molar-refractivity contribution is 0.101. The molecule has 0 atom stereocenters. The van der Waals surface area contributed by atoms with Gasteiger partial charge in [0, 0.05) is 17.4 Å². The van der Waals surface area contributed by atoms with E-state index in [2.05, 4.69) is 10.3 Å². The van der Waals surface area contributed by atoms with E-state index in [0.29, 0.717) is 16.8 Å². The molecule has 0 bridgehead atoms. The molecule has 5 heteroatoms. The lowest BCUT2D eigenvalue weighted by Gasteiger charge is -2.07. The lowest BCUT2D eigenvalue weighted by Crippen LogP contribution is -2.14. The van der Waals surface area contributed by atoms with Gasteiger partial charge in [-0.1, -0.05) is 0 Å². The first kappa shape index (κ1) is 12.8. The van der Waals surface area contributed by atoms with Gasteiger partial charge in [0.15, 0.2) is 5.78 Å². The Morgan fingerprint density at radius 1 is 1.16 bits per heavy atom. The molecule has 1 aromatic heterocycles. The minimum atomic E-state index is -0.332. The molecule has 1 amide bonds. The van der Waals surface area contributed by atoms with E-state index in [1.807, 2.05) is 0 Å². The van der Waals surface area contributed by atoms with Gasteiger partial charge in [0.1, 0.15) is 5.82 Å². The van der Waals surface area contributed by atoms with E-state index in [0.717, 1.165) is 0 Å². The lowest BCUT2D eigenvalue weighted by atomic mass is 10.1. The first-order chi connectivity index (χ1) is 9.08. The normalized spacial score (nSPS) is 9.95. The predicted octanol–water partition coefficient (Wildman–Crippen LogP) is 2.12. The van der Waals surface area contributed by atoms with Gasteiger partial charge in [-0.15, -0.1) is 0 Å². The van der Waals surface area contributed by atoms with E-state index in [1.165, 1.54) is 13.1 Å². The highest BCUT2D eigenvalue weighted by atomic mass is 16.1. The summed E-state index contributed by atoms with van der Waals surface area (Å²) in [5.74, 6) is -0.170. The number of amides is 1. The second kappa shape index (κ2) is 5.30. The molecule has 96 valence electrons. The number of aromatic nitrogens is 1.